The van der Waals surface area contributed by atoms with E-state index in [0.29, 0.717) is 43.8 Å². The maximum atomic E-state index is 15.1. The Bertz CT molecular complexity index is 1200. The summed E-state index contributed by atoms with van der Waals surface area (Å²) in [6.07, 6.45) is 2.41. The van der Waals surface area contributed by atoms with Crippen molar-refractivity contribution in [3.05, 3.63) is 17.2 Å². The molecule has 9 nitrogen and oxygen atoms in total. The Morgan fingerprint density at radius 2 is 2.03 bits per heavy atom. The summed E-state index contributed by atoms with van der Waals surface area (Å²) < 4.78 is 40.9. The summed E-state index contributed by atoms with van der Waals surface area (Å²) in [6, 6.07) is -0.147. The van der Waals surface area contributed by atoms with Gasteiger partial charge in [0.25, 0.3) is 0 Å². The van der Waals surface area contributed by atoms with E-state index in [9.17, 15) is 9.18 Å². The highest BCUT2D eigenvalue weighted by Gasteiger charge is 2.49. The van der Waals surface area contributed by atoms with E-state index in [4.69, 9.17) is 21.1 Å². The number of rotatable bonds is 4. The molecule has 5 heterocycles. The number of amides is 1. The zero-order chi connectivity index (χ0) is 26.5. The highest BCUT2D eigenvalue weighted by atomic mass is 35.5. The fraction of sp³-hybridized carbons (Fsp3) is 0.680. The van der Waals surface area contributed by atoms with Gasteiger partial charge in [0.05, 0.1) is 10.9 Å². The minimum absolute atomic E-state index is 0.00831. The number of carbonyl (C=O) groups excluding carboxylic acids is 1. The smallest absolute Gasteiger partial charge is 0.410 e. The van der Waals surface area contributed by atoms with E-state index in [1.807, 2.05) is 32.6 Å². The predicted molar refractivity (Wildman–Crippen MR) is 135 cm³/mol. The Hall–Kier alpha value is -2.53. The number of halogens is 3. The van der Waals surface area contributed by atoms with Crippen molar-refractivity contribution in [3.63, 3.8) is 0 Å². The molecule has 1 amide bonds. The lowest BCUT2D eigenvalue weighted by molar-refractivity contribution is 0.0218. The predicted octanol–water partition coefficient (Wildman–Crippen LogP) is 4.22. The van der Waals surface area contributed by atoms with E-state index in [0.717, 1.165) is 19.4 Å². The molecule has 2 aromatic heterocycles. The molecule has 0 N–H and O–H groups in total. The van der Waals surface area contributed by atoms with Crippen molar-refractivity contribution < 1.29 is 23.0 Å². The largest absolute Gasteiger partial charge is 0.461 e. The summed E-state index contributed by atoms with van der Waals surface area (Å²) in [6.45, 7) is 10.2. The number of pyridine rings is 1. The zero-order valence-electron chi connectivity index (χ0n) is 21.6. The van der Waals surface area contributed by atoms with Gasteiger partial charge in [-0.25, -0.2) is 18.6 Å². The topological polar surface area (TPSA) is 83.9 Å². The van der Waals surface area contributed by atoms with Crippen LogP contribution in [0.1, 0.15) is 47.0 Å². The van der Waals surface area contributed by atoms with Gasteiger partial charge >= 0.3 is 12.1 Å². The lowest BCUT2D eigenvalue weighted by Gasteiger charge is -2.41. The Labute approximate surface area is 220 Å². The molecule has 12 heteroatoms. The minimum atomic E-state index is -0.888. The number of piperazine rings is 1. The van der Waals surface area contributed by atoms with Gasteiger partial charge in [-0.2, -0.15) is 9.97 Å². The van der Waals surface area contributed by atoms with Crippen molar-refractivity contribution in [1.82, 2.24) is 24.8 Å². The molecule has 0 radical (unpaired) electrons. The quantitative estimate of drug-likeness (QED) is 0.535. The zero-order valence-corrected chi connectivity index (χ0v) is 22.4. The van der Waals surface area contributed by atoms with Gasteiger partial charge in [0, 0.05) is 44.8 Å². The first-order valence-electron chi connectivity index (χ1n) is 12.7. The van der Waals surface area contributed by atoms with Gasteiger partial charge in [0.2, 0.25) is 0 Å². The fourth-order valence-corrected chi connectivity index (χ4v) is 5.83. The van der Waals surface area contributed by atoms with E-state index >= 15 is 4.39 Å². The fourth-order valence-electron chi connectivity index (χ4n) is 5.70. The number of carbonyl (C=O) groups is 1. The summed E-state index contributed by atoms with van der Waals surface area (Å²) in [5, 5.41) is 0.111. The molecular formula is C25H33ClF2N6O3. The standard InChI is InChI=1S/C25H33ClF2N6O3/c1-15-12-32(23(35)37-24(2,3)4)8-9-34(15)21-17-11-29-20(26)18(28)19(17)30-22(31-21)36-14-25-6-5-7-33(25)13-16(27)10-25/h11,15-16H,5-10,12-14H2,1-4H3/t15-,16+,25?/m0/s1. The molecule has 1 unspecified atom stereocenters. The van der Waals surface area contributed by atoms with Crippen LogP contribution >= 0.6 is 11.6 Å². The molecule has 3 aliphatic heterocycles. The Morgan fingerprint density at radius 3 is 2.76 bits per heavy atom. The van der Waals surface area contributed by atoms with Gasteiger partial charge < -0.3 is 19.3 Å². The van der Waals surface area contributed by atoms with Crippen LogP contribution in [0.3, 0.4) is 0 Å². The van der Waals surface area contributed by atoms with E-state index in [2.05, 4.69) is 19.9 Å². The third-order valence-electron chi connectivity index (χ3n) is 7.38. The lowest BCUT2D eigenvalue weighted by Crippen LogP contribution is -2.55. The Kier molecular flexibility index (Phi) is 6.81. The van der Waals surface area contributed by atoms with Crippen molar-refractivity contribution in [2.45, 2.75) is 70.3 Å². The van der Waals surface area contributed by atoms with Crippen LogP contribution in [0.5, 0.6) is 6.01 Å². The highest BCUT2D eigenvalue weighted by Crippen LogP contribution is 2.40. The summed E-state index contributed by atoms with van der Waals surface area (Å²) in [5.74, 6) is -0.298. The number of hydrogen-bond acceptors (Lipinski definition) is 8. The van der Waals surface area contributed by atoms with Gasteiger partial charge in [-0.3, -0.25) is 4.90 Å². The summed E-state index contributed by atoms with van der Waals surface area (Å²) in [7, 11) is 0. The Morgan fingerprint density at radius 1 is 1.24 bits per heavy atom. The third kappa shape index (κ3) is 5.12. The molecule has 5 rings (SSSR count). The maximum Gasteiger partial charge on any atom is 0.410 e. The monoisotopic (exact) mass is 538 g/mol. The van der Waals surface area contributed by atoms with Gasteiger partial charge in [0.1, 0.15) is 29.7 Å². The van der Waals surface area contributed by atoms with Crippen LogP contribution in [-0.4, -0.2) is 93.5 Å². The first kappa shape index (κ1) is 26.1. The number of anilines is 1. The van der Waals surface area contributed by atoms with E-state index in [1.165, 1.54) is 6.20 Å². The number of ether oxygens (including phenoxy) is 2. The Balaban J connectivity index is 1.42. The number of aromatic nitrogens is 3. The number of hydrogen-bond donors (Lipinski definition) is 0. The van der Waals surface area contributed by atoms with E-state index in [1.54, 1.807) is 4.90 Å². The summed E-state index contributed by atoms with van der Waals surface area (Å²) in [4.78, 5) is 31.4. The van der Waals surface area contributed by atoms with Gasteiger partial charge in [-0.15, -0.1) is 0 Å². The van der Waals surface area contributed by atoms with Gasteiger partial charge in [0.15, 0.2) is 11.0 Å². The lowest BCUT2D eigenvalue weighted by atomic mass is 9.95. The highest BCUT2D eigenvalue weighted by molar-refractivity contribution is 6.30. The van der Waals surface area contributed by atoms with Crippen LogP contribution < -0.4 is 9.64 Å². The molecule has 3 aliphatic rings. The molecule has 0 saturated carbocycles. The molecule has 2 aromatic rings. The second-order valence-electron chi connectivity index (χ2n) is 11.3. The number of nitrogens with zero attached hydrogens (tertiary/aromatic N) is 6. The molecule has 3 fully saturated rings. The molecule has 0 bridgehead atoms. The van der Waals surface area contributed by atoms with Crippen molar-refractivity contribution >= 4 is 34.4 Å². The number of fused-ring (bicyclic) bond motifs is 2. The van der Waals surface area contributed by atoms with Crippen molar-refractivity contribution in [2.75, 3.05) is 44.2 Å². The van der Waals surface area contributed by atoms with E-state index in [-0.39, 0.29) is 35.4 Å². The molecule has 3 atom stereocenters. The van der Waals surface area contributed by atoms with Gasteiger partial charge in [-0.05, 0) is 47.1 Å². The normalized spacial score (nSPS) is 26.6. The molecule has 0 aromatic carbocycles. The van der Waals surface area contributed by atoms with Crippen LogP contribution in [0, 0.1) is 5.82 Å². The summed E-state index contributed by atoms with van der Waals surface area (Å²) in [5.41, 5.74) is -0.971. The van der Waals surface area contributed by atoms with Crippen LogP contribution in [0.15, 0.2) is 6.20 Å². The third-order valence-corrected chi connectivity index (χ3v) is 7.65. The minimum Gasteiger partial charge on any atom is -0.461 e. The average Bonchev–Trinajstić information content (AvgIpc) is 3.34. The van der Waals surface area contributed by atoms with Crippen molar-refractivity contribution in [2.24, 2.45) is 0 Å². The summed E-state index contributed by atoms with van der Waals surface area (Å²) >= 11 is 5.97. The SMILES string of the molecule is C[C@H]1CN(C(=O)OC(C)(C)C)CCN1c1nc(OCC23CCCN2C[C@H](F)C3)nc2c(F)c(Cl)ncc12. The molecule has 37 heavy (non-hydrogen) atoms. The average molecular weight is 539 g/mol. The molecule has 0 spiro atoms. The molecular weight excluding hydrogens is 506 g/mol. The van der Waals surface area contributed by atoms with Crippen molar-refractivity contribution in [3.8, 4) is 6.01 Å². The van der Waals surface area contributed by atoms with Crippen LogP contribution in [0.4, 0.5) is 19.4 Å². The van der Waals surface area contributed by atoms with Crippen LogP contribution in [-0.2, 0) is 4.74 Å². The second kappa shape index (κ2) is 9.65. The second-order valence-corrected chi connectivity index (χ2v) is 11.6. The molecule has 0 aliphatic carbocycles. The molecule has 202 valence electrons. The first-order chi connectivity index (χ1) is 17.5. The molecule has 3 saturated heterocycles. The number of alkyl halides is 1. The van der Waals surface area contributed by atoms with Crippen molar-refractivity contribution in [1.29, 1.82) is 0 Å². The first-order valence-corrected chi connectivity index (χ1v) is 13.1. The van der Waals surface area contributed by atoms with Crippen LogP contribution in [0.2, 0.25) is 5.15 Å². The maximum absolute atomic E-state index is 15.1. The van der Waals surface area contributed by atoms with Gasteiger partial charge in [-0.1, -0.05) is 11.6 Å². The van der Waals surface area contributed by atoms with E-state index < -0.39 is 23.1 Å². The van der Waals surface area contributed by atoms with Crippen LogP contribution in [0.25, 0.3) is 10.9 Å².